The van der Waals surface area contributed by atoms with Crippen molar-refractivity contribution < 1.29 is 0 Å². The van der Waals surface area contributed by atoms with Gasteiger partial charge in [0.1, 0.15) is 0 Å². The lowest BCUT2D eigenvalue weighted by Gasteiger charge is -2.23. The number of hydrogen-bond donors (Lipinski definition) is 0. The average molecular weight is 616 g/mol. The third-order valence-electron chi connectivity index (χ3n) is 7.53. The first-order valence-electron chi connectivity index (χ1n) is 14.1. The van der Waals surface area contributed by atoms with Crippen LogP contribution >= 0.6 is 15.9 Å². The lowest BCUT2D eigenvalue weighted by Crippen LogP contribution is -2.06. The van der Waals surface area contributed by atoms with Crippen molar-refractivity contribution in [1.29, 1.82) is 0 Å². The highest BCUT2D eigenvalue weighted by atomic mass is 79.9. The van der Waals surface area contributed by atoms with Gasteiger partial charge in [-0.3, -0.25) is 20.0 Å². The van der Waals surface area contributed by atoms with E-state index >= 15 is 0 Å². The second kappa shape index (κ2) is 12.7. The highest BCUT2D eigenvalue weighted by molar-refractivity contribution is 9.10. The molecule has 0 aliphatic rings. The van der Waals surface area contributed by atoms with Gasteiger partial charge in [-0.25, -0.2) is 0 Å². The zero-order valence-electron chi connectivity index (χ0n) is 25.0. The van der Waals surface area contributed by atoms with Crippen LogP contribution in [0, 0.1) is 27.7 Å². The summed E-state index contributed by atoms with van der Waals surface area (Å²) in [5, 5.41) is 0. The molecule has 5 heteroatoms. The minimum absolute atomic E-state index is 0.0535. The van der Waals surface area contributed by atoms with E-state index in [1.807, 2.05) is 50.2 Å². The Kier molecular flexibility index (Phi) is 8.89. The van der Waals surface area contributed by atoms with Gasteiger partial charge in [-0.2, -0.15) is 0 Å². The Balaban J connectivity index is 1.60. The SMILES string of the molecule is CC(=Nc1c(C)cc(C(c2ccc(Br)cc2)c2cc(C)c(N=C(C)c3ccccn3)c(C)c2)cc1C)c1ccccn1. The Morgan fingerprint density at radius 1 is 0.571 bits per heavy atom. The summed E-state index contributed by atoms with van der Waals surface area (Å²) in [7, 11) is 0. The predicted octanol–water partition coefficient (Wildman–Crippen LogP) is 9.93. The summed E-state index contributed by atoms with van der Waals surface area (Å²) in [6, 6.07) is 29.6. The van der Waals surface area contributed by atoms with Crippen LogP contribution in [-0.4, -0.2) is 21.4 Å². The first-order valence-corrected chi connectivity index (χ1v) is 14.9. The van der Waals surface area contributed by atoms with Crippen LogP contribution in [0.2, 0.25) is 0 Å². The van der Waals surface area contributed by atoms with E-state index < -0.39 is 0 Å². The van der Waals surface area contributed by atoms with Crippen molar-refractivity contribution >= 4 is 38.7 Å². The van der Waals surface area contributed by atoms with Gasteiger partial charge >= 0.3 is 0 Å². The van der Waals surface area contributed by atoms with Crippen molar-refractivity contribution in [2.45, 2.75) is 47.5 Å². The van der Waals surface area contributed by atoms with Crippen LogP contribution in [0.4, 0.5) is 11.4 Å². The molecule has 0 unspecified atom stereocenters. The molecular weight excluding hydrogens is 580 g/mol. The number of aromatic nitrogens is 2. The van der Waals surface area contributed by atoms with E-state index in [1.54, 1.807) is 12.4 Å². The minimum atomic E-state index is 0.0535. The number of aryl methyl sites for hydroxylation is 4. The summed E-state index contributed by atoms with van der Waals surface area (Å²) < 4.78 is 1.06. The molecule has 0 fully saturated rings. The fourth-order valence-electron chi connectivity index (χ4n) is 5.50. The number of halogens is 1. The van der Waals surface area contributed by atoms with Crippen molar-refractivity contribution in [2.24, 2.45) is 9.98 Å². The smallest absolute Gasteiger partial charge is 0.0841 e. The number of hydrogen-bond acceptors (Lipinski definition) is 4. The van der Waals surface area contributed by atoms with Crippen molar-refractivity contribution in [2.75, 3.05) is 0 Å². The van der Waals surface area contributed by atoms with Gasteiger partial charge < -0.3 is 0 Å². The zero-order valence-corrected chi connectivity index (χ0v) is 26.6. The standard InChI is InChI=1S/C37H35BrN4/c1-23-19-30(20-24(2)36(23)41-27(5)33-11-7-9-17-39-33)35(29-13-15-32(38)16-14-29)31-21-25(3)37(26(4)22-31)42-28(6)34-12-8-10-18-40-34/h7-22,35H,1-6H3. The second-order valence-electron chi connectivity index (χ2n) is 10.8. The lowest BCUT2D eigenvalue weighted by atomic mass is 9.82. The molecule has 5 aromatic rings. The van der Waals surface area contributed by atoms with E-state index in [2.05, 4.69) is 102 Å². The molecule has 0 bridgehead atoms. The van der Waals surface area contributed by atoms with E-state index in [9.17, 15) is 0 Å². The molecule has 2 aromatic heterocycles. The molecule has 0 saturated carbocycles. The van der Waals surface area contributed by atoms with Crippen LogP contribution in [-0.2, 0) is 0 Å². The van der Waals surface area contributed by atoms with Gasteiger partial charge in [0.2, 0.25) is 0 Å². The molecule has 3 aromatic carbocycles. The molecule has 0 spiro atoms. The molecule has 4 nitrogen and oxygen atoms in total. The normalized spacial score (nSPS) is 12.8. The van der Waals surface area contributed by atoms with Crippen LogP contribution in [0.15, 0.2) is 112 Å². The van der Waals surface area contributed by atoms with E-state index in [4.69, 9.17) is 9.98 Å². The lowest BCUT2D eigenvalue weighted by molar-refractivity contribution is 0.963. The first kappa shape index (κ1) is 29.3. The molecule has 2 heterocycles. The fraction of sp³-hybridized carbons (Fsp3) is 0.189. The Morgan fingerprint density at radius 2 is 0.976 bits per heavy atom. The third-order valence-corrected chi connectivity index (χ3v) is 8.06. The van der Waals surface area contributed by atoms with Gasteiger partial charge in [-0.1, -0.05) is 64.5 Å². The average Bonchev–Trinajstić information content (AvgIpc) is 2.98. The van der Waals surface area contributed by atoms with E-state index in [0.29, 0.717) is 0 Å². The van der Waals surface area contributed by atoms with Gasteiger partial charge in [0.15, 0.2) is 0 Å². The Bertz CT molecular complexity index is 1620. The van der Waals surface area contributed by atoms with Crippen molar-refractivity contribution in [3.63, 3.8) is 0 Å². The van der Waals surface area contributed by atoms with E-state index in [1.165, 1.54) is 16.7 Å². The van der Waals surface area contributed by atoms with Gasteiger partial charge in [-0.15, -0.1) is 0 Å². The molecule has 5 rings (SSSR count). The summed E-state index contributed by atoms with van der Waals surface area (Å²) in [6.07, 6.45) is 3.61. The van der Waals surface area contributed by atoms with E-state index in [0.717, 1.165) is 60.9 Å². The van der Waals surface area contributed by atoms with Crippen molar-refractivity contribution in [1.82, 2.24) is 9.97 Å². The largest absolute Gasteiger partial charge is 0.255 e. The summed E-state index contributed by atoms with van der Waals surface area (Å²) in [6.45, 7) is 12.6. The summed E-state index contributed by atoms with van der Waals surface area (Å²) in [5.74, 6) is 0.0535. The van der Waals surface area contributed by atoms with Gasteiger partial charge in [0.05, 0.1) is 34.2 Å². The second-order valence-corrected chi connectivity index (χ2v) is 11.7. The first-order chi connectivity index (χ1) is 20.2. The monoisotopic (exact) mass is 614 g/mol. The zero-order chi connectivity index (χ0) is 29.8. The Hall–Kier alpha value is -4.22. The molecule has 0 aliphatic heterocycles. The van der Waals surface area contributed by atoms with Crippen LogP contribution in [0.1, 0.15) is 70.1 Å². The van der Waals surface area contributed by atoms with Gasteiger partial charge in [-0.05, 0) is 117 Å². The quantitative estimate of drug-likeness (QED) is 0.135. The van der Waals surface area contributed by atoms with Crippen molar-refractivity contribution in [3.8, 4) is 0 Å². The third kappa shape index (κ3) is 6.47. The molecule has 0 amide bonds. The van der Waals surface area contributed by atoms with Crippen LogP contribution in [0.25, 0.3) is 0 Å². The van der Waals surface area contributed by atoms with Gasteiger partial charge in [0.25, 0.3) is 0 Å². The number of rotatable bonds is 7. The number of benzene rings is 3. The topological polar surface area (TPSA) is 50.5 Å². The Labute approximate surface area is 257 Å². The highest BCUT2D eigenvalue weighted by Gasteiger charge is 2.21. The number of nitrogens with zero attached hydrogens (tertiary/aromatic N) is 4. The molecule has 42 heavy (non-hydrogen) atoms. The molecule has 210 valence electrons. The summed E-state index contributed by atoms with van der Waals surface area (Å²) in [4.78, 5) is 19.0. The Morgan fingerprint density at radius 3 is 1.33 bits per heavy atom. The van der Waals surface area contributed by atoms with Crippen LogP contribution < -0.4 is 0 Å². The van der Waals surface area contributed by atoms with Crippen LogP contribution in [0.3, 0.4) is 0 Å². The molecular formula is C37H35BrN4. The fourth-order valence-corrected chi connectivity index (χ4v) is 5.77. The minimum Gasteiger partial charge on any atom is -0.255 e. The molecule has 0 N–H and O–H groups in total. The van der Waals surface area contributed by atoms with E-state index in [-0.39, 0.29) is 5.92 Å². The molecule has 0 atom stereocenters. The molecule has 0 radical (unpaired) electrons. The molecule has 0 aliphatic carbocycles. The maximum atomic E-state index is 5.01. The van der Waals surface area contributed by atoms with Gasteiger partial charge in [0, 0.05) is 22.8 Å². The number of aliphatic imine (C=N–C) groups is 2. The maximum absolute atomic E-state index is 5.01. The predicted molar refractivity (Wildman–Crippen MR) is 179 cm³/mol. The summed E-state index contributed by atoms with van der Waals surface area (Å²) >= 11 is 3.62. The number of pyridine rings is 2. The molecule has 0 saturated heterocycles. The van der Waals surface area contributed by atoms with Crippen LogP contribution in [0.5, 0.6) is 0 Å². The highest BCUT2D eigenvalue weighted by Crippen LogP contribution is 2.39. The maximum Gasteiger partial charge on any atom is 0.0841 e. The van der Waals surface area contributed by atoms with Crippen molar-refractivity contribution in [3.05, 3.63) is 152 Å². The summed E-state index contributed by atoms with van der Waals surface area (Å²) in [5.41, 5.74) is 13.9.